The molecule has 7 nitrogen and oxygen atoms in total. The predicted molar refractivity (Wildman–Crippen MR) is 76.2 cm³/mol. The molecule has 0 aliphatic rings. The van der Waals surface area contributed by atoms with Gasteiger partial charge >= 0.3 is 5.97 Å². The zero-order valence-electron chi connectivity index (χ0n) is 10.6. The lowest BCUT2D eigenvalue weighted by molar-refractivity contribution is -0.131. The topological polar surface area (TPSA) is 113 Å². The van der Waals surface area contributed by atoms with Crippen molar-refractivity contribution in [2.75, 3.05) is 19.3 Å². The fourth-order valence-electron chi connectivity index (χ4n) is 1.23. The van der Waals surface area contributed by atoms with Gasteiger partial charge in [0.1, 0.15) is 0 Å². The van der Waals surface area contributed by atoms with Crippen LogP contribution in [0.2, 0.25) is 0 Å². The number of amides is 1. The number of hydrogen-bond donors (Lipinski definition) is 3. The van der Waals surface area contributed by atoms with Crippen LogP contribution in [-0.4, -0.2) is 44.7 Å². The van der Waals surface area contributed by atoms with Gasteiger partial charge in [-0.05, 0) is 12.1 Å². The lowest BCUT2D eigenvalue weighted by atomic mass is 10.3. The quantitative estimate of drug-likeness (QED) is 0.488. The third-order valence-electron chi connectivity index (χ3n) is 2.05. The Hall–Kier alpha value is -1.71. The Bertz CT molecular complexity index is 619. The summed E-state index contributed by atoms with van der Waals surface area (Å²) >= 11 is 1.24. The molecule has 0 spiro atoms. The molecule has 0 saturated carbocycles. The van der Waals surface area contributed by atoms with Gasteiger partial charge in [-0.15, -0.1) is 11.3 Å². The minimum absolute atomic E-state index is 0.112. The highest BCUT2D eigenvalue weighted by Gasteiger charge is 2.07. The Morgan fingerprint density at radius 1 is 1.40 bits per heavy atom. The Morgan fingerprint density at radius 3 is 2.70 bits per heavy atom. The largest absolute Gasteiger partial charge is 0.478 e. The molecule has 20 heavy (non-hydrogen) atoms. The van der Waals surface area contributed by atoms with Crippen molar-refractivity contribution in [2.45, 2.75) is 0 Å². The van der Waals surface area contributed by atoms with Crippen LogP contribution in [-0.2, 0) is 14.8 Å². The molecule has 1 amide bonds. The summed E-state index contributed by atoms with van der Waals surface area (Å²) in [4.78, 5) is 22.7. The highest BCUT2D eigenvalue weighted by molar-refractivity contribution is 7.88. The van der Waals surface area contributed by atoms with Gasteiger partial charge in [-0.1, -0.05) is 0 Å². The first-order chi connectivity index (χ1) is 9.28. The Balaban J connectivity index is 2.46. The molecule has 9 heteroatoms. The number of carboxylic acid groups (broad SMARTS) is 1. The van der Waals surface area contributed by atoms with E-state index < -0.39 is 16.0 Å². The van der Waals surface area contributed by atoms with E-state index in [4.69, 9.17) is 5.11 Å². The smallest absolute Gasteiger partial charge is 0.328 e. The van der Waals surface area contributed by atoms with E-state index in [-0.39, 0.29) is 19.0 Å². The van der Waals surface area contributed by atoms with Crippen LogP contribution in [0.1, 0.15) is 15.2 Å². The van der Waals surface area contributed by atoms with Crippen LogP contribution in [0.25, 0.3) is 6.08 Å². The van der Waals surface area contributed by atoms with Crippen LogP contribution in [0.15, 0.2) is 17.5 Å². The molecular formula is C11H14N2O5S2. The van der Waals surface area contributed by atoms with Gasteiger partial charge in [0.2, 0.25) is 10.0 Å². The normalized spacial score (nSPS) is 11.7. The average molecular weight is 318 g/mol. The van der Waals surface area contributed by atoms with E-state index in [1.807, 2.05) is 0 Å². The molecule has 0 unspecified atom stereocenters. The van der Waals surface area contributed by atoms with Gasteiger partial charge in [0.05, 0.1) is 11.8 Å². The summed E-state index contributed by atoms with van der Waals surface area (Å²) in [7, 11) is -3.26. The summed E-state index contributed by atoms with van der Waals surface area (Å²) in [5.41, 5.74) is 0.402. The molecule has 1 aromatic heterocycles. The monoisotopic (exact) mass is 318 g/mol. The van der Waals surface area contributed by atoms with Crippen molar-refractivity contribution < 1.29 is 23.1 Å². The maximum atomic E-state index is 11.7. The maximum absolute atomic E-state index is 11.7. The van der Waals surface area contributed by atoms with Crippen molar-refractivity contribution in [3.05, 3.63) is 28.0 Å². The standard InChI is InChI=1S/C11H14N2O5S2/c1-20(17,18)13-5-4-12-11(16)8-6-9(19-7-8)2-3-10(14)15/h2-3,6-7,13H,4-5H2,1H3,(H,12,16)(H,14,15). The zero-order valence-corrected chi connectivity index (χ0v) is 12.3. The zero-order chi connectivity index (χ0) is 15.2. The van der Waals surface area contributed by atoms with E-state index in [1.54, 1.807) is 11.4 Å². The second-order valence-corrected chi connectivity index (χ2v) is 6.61. The van der Waals surface area contributed by atoms with Crippen LogP contribution in [0.4, 0.5) is 0 Å². The molecule has 0 fully saturated rings. The first kappa shape index (κ1) is 16.3. The number of carboxylic acids is 1. The van der Waals surface area contributed by atoms with Crippen molar-refractivity contribution in [1.82, 2.24) is 10.0 Å². The minimum atomic E-state index is -3.26. The molecule has 0 aliphatic carbocycles. The lowest BCUT2D eigenvalue weighted by Crippen LogP contribution is -2.34. The first-order valence-corrected chi connectivity index (χ1v) is 8.27. The van der Waals surface area contributed by atoms with E-state index >= 15 is 0 Å². The summed E-state index contributed by atoms with van der Waals surface area (Å²) in [5, 5.41) is 12.6. The van der Waals surface area contributed by atoms with Crippen molar-refractivity contribution in [2.24, 2.45) is 0 Å². The van der Waals surface area contributed by atoms with Crippen molar-refractivity contribution in [1.29, 1.82) is 0 Å². The number of carbonyl (C=O) groups is 2. The van der Waals surface area contributed by atoms with Crippen LogP contribution in [0.5, 0.6) is 0 Å². The predicted octanol–water partition coefficient (Wildman–Crippen LogP) is 0.125. The van der Waals surface area contributed by atoms with E-state index in [2.05, 4.69) is 10.0 Å². The maximum Gasteiger partial charge on any atom is 0.328 e. The number of aliphatic carboxylic acids is 1. The van der Waals surface area contributed by atoms with Gasteiger partial charge in [0.15, 0.2) is 0 Å². The van der Waals surface area contributed by atoms with Crippen LogP contribution < -0.4 is 10.0 Å². The van der Waals surface area contributed by atoms with Crippen molar-refractivity contribution in [3.8, 4) is 0 Å². The Kier molecular flexibility index (Phi) is 5.86. The van der Waals surface area contributed by atoms with Crippen molar-refractivity contribution in [3.63, 3.8) is 0 Å². The summed E-state index contributed by atoms with van der Waals surface area (Å²) < 4.78 is 23.8. The number of hydrogen-bond acceptors (Lipinski definition) is 5. The van der Waals surface area contributed by atoms with E-state index in [0.717, 1.165) is 12.3 Å². The van der Waals surface area contributed by atoms with Crippen LogP contribution in [0, 0.1) is 0 Å². The molecule has 0 atom stereocenters. The van der Waals surface area contributed by atoms with E-state index in [1.165, 1.54) is 17.4 Å². The molecule has 0 aliphatic heterocycles. The van der Waals surface area contributed by atoms with Gasteiger partial charge in [0.25, 0.3) is 5.91 Å². The van der Waals surface area contributed by atoms with Gasteiger partial charge in [0, 0.05) is 29.4 Å². The third kappa shape index (κ3) is 6.45. The highest BCUT2D eigenvalue weighted by Crippen LogP contribution is 2.16. The Labute approximate surface area is 120 Å². The number of thiophene rings is 1. The number of carbonyl (C=O) groups excluding carboxylic acids is 1. The number of nitrogens with one attached hydrogen (secondary N) is 2. The van der Waals surface area contributed by atoms with Gasteiger partial charge in [-0.25, -0.2) is 17.9 Å². The van der Waals surface area contributed by atoms with Gasteiger partial charge < -0.3 is 10.4 Å². The molecule has 0 bridgehead atoms. The summed E-state index contributed by atoms with van der Waals surface area (Å²) in [6, 6.07) is 1.56. The molecule has 1 rings (SSSR count). The Morgan fingerprint density at radius 2 is 2.10 bits per heavy atom. The molecule has 3 N–H and O–H groups in total. The lowest BCUT2D eigenvalue weighted by Gasteiger charge is -2.04. The first-order valence-electron chi connectivity index (χ1n) is 5.50. The fourth-order valence-corrected chi connectivity index (χ4v) is 2.48. The van der Waals surface area contributed by atoms with E-state index in [9.17, 15) is 18.0 Å². The second-order valence-electron chi connectivity index (χ2n) is 3.83. The van der Waals surface area contributed by atoms with Gasteiger partial charge in [-0.3, -0.25) is 4.79 Å². The van der Waals surface area contributed by atoms with Gasteiger partial charge in [-0.2, -0.15) is 0 Å². The molecule has 1 aromatic rings. The third-order valence-corrected chi connectivity index (χ3v) is 3.67. The minimum Gasteiger partial charge on any atom is -0.478 e. The molecule has 0 radical (unpaired) electrons. The van der Waals surface area contributed by atoms with E-state index in [0.29, 0.717) is 10.4 Å². The molecular weight excluding hydrogens is 304 g/mol. The summed E-state index contributed by atoms with van der Waals surface area (Å²) in [6.07, 6.45) is 3.42. The summed E-state index contributed by atoms with van der Waals surface area (Å²) in [6.45, 7) is 0.280. The average Bonchev–Trinajstić information content (AvgIpc) is 2.79. The van der Waals surface area contributed by atoms with Crippen molar-refractivity contribution >= 4 is 39.3 Å². The van der Waals surface area contributed by atoms with Crippen LogP contribution >= 0.6 is 11.3 Å². The summed E-state index contributed by atoms with van der Waals surface area (Å²) in [5.74, 6) is -1.40. The fraction of sp³-hybridized carbons (Fsp3) is 0.273. The molecule has 110 valence electrons. The molecule has 1 heterocycles. The number of sulfonamides is 1. The number of rotatable bonds is 7. The van der Waals surface area contributed by atoms with Crippen LogP contribution in [0.3, 0.4) is 0 Å². The second kappa shape index (κ2) is 7.17. The highest BCUT2D eigenvalue weighted by atomic mass is 32.2. The SMILES string of the molecule is CS(=O)(=O)NCCNC(=O)c1csc(C=CC(=O)O)c1. The molecule has 0 aromatic carbocycles. The molecule has 0 saturated heterocycles.